The van der Waals surface area contributed by atoms with Gasteiger partial charge in [-0.1, -0.05) is 39.0 Å². The summed E-state index contributed by atoms with van der Waals surface area (Å²) in [5, 5.41) is 0. The van der Waals surface area contributed by atoms with Gasteiger partial charge in [0.1, 0.15) is 0 Å². The van der Waals surface area contributed by atoms with Crippen LogP contribution < -0.4 is 0 Å². The summed E-state index contributed by atoms with van der Waals surface area (Å²) in [4.78, 5) is 0. The summed E-state index contributed by atoms with van der Waals surface area (Å²) in [6.07, 6.45) is 30.9. The number of hydrogen-bond donors (Lipinski definition) is 0. The predicted molar refractivity (Wildman–Crippen MR) is 171 cm³/mol. The van der Waals surface area contributed by atoms with Crippen molar-refractivity contribution in [3.63, 3.8) is 0 Å². The summed E-state index contributed by atoms with van der Waals surface area (Å²) >= 11 is 0. The van der Waals surface area contributed by atoms with E-state index in [1.165, 1.54) is 70.6 Å². The Labute approximate surface area is 235 Å². The molecule has 0 aromatic carbocycles. The van der Waals surface area contributed by atoms with E-state index >= 15 is 0 Å². The van der Waals surface area contributed by atoms with E-state index in [0.29, 0.717) is 0 Å². The standard InChI is InChI=1S/C32H69O3PS/c1-6-11-16-17-18-19-20-21-22-23-24-25-26-27-32-37(33,34)35-36(28-12-7-2,29-13-8-3,30-14-9-4)31-15-10-5/h6-32H2,1-5H3. The van der Waals surface area contributed by atoms with E-state index in [-0.39, 0.29) is 5.75 Å². The quantitative estimate of drug-likeness (QED) is 0.0670. The third kappa shape index (κ3) is 18.3. The first-order valence-corrected chi connectivity index (χ1v) is 21.2. The van der Waals surface area contributed by atoms with Crippen molar-refractivity contribution in [2.24, 2.45) is 0 Å². The number of unbranched alkanes of at least 4 members (excludes halogenated alkanes) is 17. The van der Waals surface area contributed by atoms with Crippen LogP contribution in [0.25, 0.3) is 0 Å². The Kier molecular flexibility index (Phi) is 23.3. The van der Waals surface area contributed by atoms with Crippen molar-refractivity contribution in [1.82, 2.24) is 0 Å². The van der Waals surface area contributed by atoms with Gasteiger partial charge in [-0.3, -0.25) is 0 Å². The second kappa shape index (κ2) is 23.1. The molecule has 0 atom stereocenters. The van der Waals surface area contributed by atoms with Gasteiger partial charge in [-0.25, -0.2) is 0 Å². The van der Waals surface area contributed by atoms with E-state index in [4.69, 9.17) is 3.97 Å². The van der Waals surface area contributed by atoms with Crippen LogP contribution in [0.4, 0.5) is 0 Å². The first kappa shape index (κ1) is 37.3. The third-order valence-electron chi connectivity index (χ3n) is 8.38. The Morgan fingerprint density at radius 1 is 0.405 bits per heavy atom. The van der Waals surface area contributed by atoms with Crippen molar-refractivity contribution < 1.29 is 12.4 Å². The molecule has 0 aromatic rings. The summed E-state index contributed by atoms with van der Waals surface area (Å²) < 4.78 is 33.5. The molecule has 0 heterocycles. The maximum absolute atomic E-state index is 13.4. The van der Waals surface area contributed by atoms with E-state index < -0.39 is 16.9 Å². The topological polar surface area (TPSA) is 43.4 Å². The van der Waals surface area contributed by atoms with E-state index in [1.54, 1.807) is 0 Å². The first-order chi connectivity index (χ1) is 17.8. The SMILES string of the molecule is CCCCCCCCCCCCCCCCS(=O)(=O)OP(CCCC)(CCCC)(CCCC)CCCC. The molecule has 0 aliphatic rings. The van der Waals surface area contributed by atoms with Gasteiger partial charge in [0.2, 0.25) is 0 Å². The monoisotopic (exact) mass is 564 g/mol. The van der Waals surface area contributed by atoms with Gasteiger partial charge < -0.3 is 0 Å². The maximum atomic E-state index is 13.4. The van der Waals surface area contributed by atoms with Gasteiger partial charge in [-0.2, -0.15) is 0 Å². The summed E-state index contributed by atoms with van der Waals surface area (Å²) in [6.45, 7) is 8.44. The number of hydrogen-bond acceptors (Lipinski definition) is 3. The Balaban J connectivity index is 4.67. The zero-order valence-electron chi connectivity index (χ0n) is 26.2. The van der Waals surface area contributed by atoms with Gasteiger partial charge in [0.15, 0.2) is 0 Å². The minimum atomic E-state index is -3.48. The fourth-order valence-corrected chi connectivity index (χ4v) is 16.3. The van der Waals surface area contributed by atoms with E-state index in [2.05, 4.69) is 34.6 Å². The summed E-state index contributed by atoms with van der Waals surface area (Å²) in [7, 11) is -3.48. The molecule has 0 rings (SSSR count). The fraction of sp³-hybridized carbons (Fsp3) is 1.00. The Hall–Kier alpha value is 0.340. The minimum absolute atomic E-state index is 0.222. The van der Waals surface area contributed by atoms with Crippen LogP contribution in [0.5, 0.6) is 0 Å². The second-order valence-electron chi connectivity index (χ2n) is 12.1. The van der Waals surface area contributed by atoms with Crippen LogP contribution in [0, 0.1) is 0 Å². The van der Waals surface area contributed by atoms with E-state index in [1.807, 2.05) is 0 Å². The molecule has 0 aromatic heterocycles. The van der Waals surface area contributed by atoms with Crippen molar-refractivity contribution >= 4 is 16.9 Å². The van der Waals surface area contributed by atoms with Crippen LogP contribution in [0.3, 0.4) is 0 Å². The van der Waals surface area contributed by atoms with Crippen molar-refractivity contribution in [3.05, 3.63) is 0 Å². The van der Waals surface area contributed by atoms with Crippen LogP contribution in [0.1, 0.15) is 176 Å². The molecule has 0 amide bonds. The molecule has 226 valence electrons. The van der Waals surface area contributed by atoms with E-state index in [0.717, 1.165) is 95.3 Å². The Morgan fingerprint density at radius 3 is 0.973 bits per heavy atom. The zero-order valence-corrected chi connectivity index (χ0v) is 27.9. The molecule has 0 aliphatic carbocycles. The van der Waals surface area contributed by atoms with Gasteiger partial charge >= 0.3 is 197 Å². The normalized spacial score (nSPS) is 13.6. The molecule has 0 unspecified atom stereocenters. The molecule has 0 fully saturated rings. The van der Waals surface area contributed by atoms with Crippen LogP contribution in [-0.4, -0.2) is 38.8 Å². The van der Waals surface area contributed by atoms with Gasteiger partial charge in [0.25, 0.3) is 0 Å². The van der Waals surface area contributed by atoms with Gasteiger partial charge in [-0.05, 0) is 0 Å². The van der Waals surface area contributed by atoms with Crippen LogP contribution in [-0.2, 0) is 14.1 Å². The van der Waals surface area contributed by atoms with Crippen molar-refractivity contribution in [1.29, 1.82) is 0 Å². The molecule has 0 aliphatic heterocycles. The van der Waals surface area contributed by atoms with Gasteiger partial charge in [0, 0.05) is 0 Å². The molecule has 0 spiro atoms. The average molecular weight is 565 g/mol. The molecule has 0 radical (unpaired) electrons. The van der Waals surface area contributed by atoms with Crippen molar-refractivity contribution in [2.75, 3.05) is 30.4 Å². The zero-order chi connectivity index (χ0) is 27.7. The molecule has 0 saturated carbocycles. The Morgan fingerprint density at radius 2 is 0.676 bits per heavy atom. The Bertz CT molecular complexity index is 562. The van der Waals surface area contributed by atoms with Crippen LogP contribution in [0.15, 0.2) is 0 Å². The number of rotatable bonds is 29. The molecular formula is C32H69O3PS. The fourth-order valence-electron chi connectivity index (χ4n) is 5.88. The molecular weight excluding hydrogens is 495 g/mol. The predicted octanol–water partition coefficient (Wildman–Crippen LogP) is 11.5. The van der Waals surface area contributed by atoms with Crippen LogP contribution >= 0.6 is 6.83 Å². The van der Waals surface area contributed by atoms with Crippen molar-refractivity contribution in [3.8, 4) is 0 Å². The van der Waals surface area contributed by atoms with E-state index in [9.17, 15) is 8.42 Å². The second-order valence-corrected chi connectivity index (χ2v) is 19.7. The summed E-state index contributed by atoms with van der Waals surface area (Å²) in [5.74, 6) is 0.222. The van der Waals surface area contributed by atoms with Crippen molar-refractivity contribution in [2.45, 2.75) is 176 Å². The van der Waals surface area contributed by atoms with Gasteiger partial charge in [-0.15, -0.1) is 0 Å². The third-order valence-corrected chi connectivity index (χ3v) is 17.6. The average Bonchev–Trinajstić information content (AvgIpc) is 2.89. The molecule has 37 heavy (non-hydrogen) atoms. The first-order valence-electron chi connectivity index (χ1n) is 16.8. The van der Waals surface area contributed by atoms with Gasteiger partial charge in [0.05, 0.1) is 0 Å². The molecule has 0 bridgehead atoms. The summed E-state index contributed by atoms with van der Waals surface area (Å²) in [5.41, 5.74) is 0. The van der Waals surface area contributed by atoms with Crippen LogP contribution in [0.2, 0.25) is 0 Å². The summed E-state index contributed by atoms with van der Waals surface area (Å²) in [6, 6.07) is 0. The molecule has 3 nitrogen and oxygen atoms in total. The molecule has 5 heteroatoms. The molecule has 0 N–H and O–H groups in total. The molecule has 0 saturated heterocycles.